The zero-order valence-electron chi connectivity index (χ0n) is 6.10. The predicted molar refractivity (Wildman–Crippen MR) is 41.8 cm³/mol. The van der Waals surface area contributed by atoms with Crippen LogP contribution in [0.2, 0.25) is 0 Å². The topological polar surface area (TPSA) is 56.0 Å². The van der Waals surface area contributed by atoms with Crippen molar-refractivity contribution in [3.8, 4) is 0 Å². The van der Waals surface area contributed by atoms with Gasteiger partial charge in [0, 0.05) is 12.6 Å². The summed E-state index contributed by atoms with van der Waals surface area (Å²) in [7, 11) is 0. The van der Waals surface area contributed by atoms with Gasteiger partial charge >= 0.3 is 0 Å². The molecule has 0 amide bonds. The Labute approximate surface area is 65.2 Å². The lowest BCUT2D eigenvalue weighted by atomic mass is 10.1. The molecule has 1 atom stereocenters. The van der Waals surface area contributed by atoms with Crippen LogP contribution in [0.3, 0.4) is 0 Å². The molecule has 3 nitrogen and oxygen atoms in total. The highest BCUT2D eigenvalue weighted by Crippen LogP contribution is 2.07. The maximum atomic E-state index is 10.1. The van der Waals surface area contributed by atoms with E-state index in [1.807, 2.05) is 18.2 Å². The van der Waals surface area contributed by atoms with E-state index in [4.69, 9.17) is 5.73 Å². The first kappa shape index (κ1) is 7.88. The van der Waals surface area contributed by atoms with Crippen LogP contribution >= 0.6 is 0 Å². The van der Waals surface area contributed by atoms with Gasteiger partial charge in [-0.05, 0) is 12.1 Å². The minimum Gasteiger partial charge on any atom is -0.322 e. The van der Waals surface area contributed by atoms with Crippen LogP contribution in [0.4, 0.5) is 0 Å². The van der Waals surface area contributed by atoms with Crippen LogP contribution in [0, 0.1) is 0 Å². The molecule has 0 radical (unpaired) electrons. The summed E-state index contributed by atoms with van der Waals surface area (Å²) in [5.41, 5.74) is 6.38. The van der Waals surface area contributed by atoms with E-state index < -0.39 is 0 Å². The molecule has 1 unspecified atom stereocenters. The fraction of sp³-hybridized carbons (Fsp3) is 0.250. The fourth-order valence-electron chi connectivity index (χ4n) is 0.820. The molecule has 0 spiro atoms. The molecule has 1 heterocycles. The van der Waals surface area contributed by atoms with Crippen LogP contribution in [0.5, 0.6) is 0 Å². The molecule has 0 aliphatic carbocycles. The molecule has 58 valence electrons. The van der Waals surface area contributed by atoms with Gasteiger partial charge in [0.05, 0.1) is 11.7 Å². The summed E-state index contributed by atoms with van der Waals surface area (Å²) < 4.78 is 0. The number of carbonyl (C=O) groups excluding carboxylic acids is 1. The van der Waals surface area contributed by atoms with Gasteiger partial charge < -0.3 is 10.5 Å². The molecule has 1 aromatic rings. The van der Waals surface area contributed by atoms with Crippen molar-refractivity contribution in [2.45, 2.75) is 12.5 Å². The SMILES string of the molecule is NC(CC=O)c1ccccn1. The maximum Gasteiger partial charge on any atom is 0.121 e. The highest BCUT2D eigenvalue weighted by molar-refractivity contribution is 5.50. The zero-order chi connectivity index (χ0) is 8.10. The van der Waals surface area contributed by atoms with E-state index in [0.29, 0.717) is 6.42 Å². The Hall–Kier alpha value is -1.22. The van der Waals surface area contributed by atoms with Gasteiger partial charge in [-0.15, -0.1) is 0 Å². The van der Waals surface area contributed by atoms with Crippen LogP contribution in [0.15, 0.2) is 24.4 Å². The largest absolute Gasteiger partial charge is 0.322 e. The zero-order valence-corrected chi connectivity index (χ0v) is 6.10. The van der Waals surface area contributed by atoms with E-state index in [1.54, 1.807) is 6.20 Å². The van der Waals surface area contributed by atoms with Crippen molar-refractivity contribution in [1.29, 1.82) is 0 Å². The second kappa shape index (κ2) is 3.83. The maximum absolute atomic E-state index is 10.1. The molecule has 0 bridgehead atoms. The Kier molecular flexibility index (Phi) is 2.74. The number of hydrogen-bond acceptors (Lipinski definition) is 3. The average molecular weight is 150 g/mol. The third-order valence-electron chi connectivity index (χ3n) is 1.42. The van der Waals surface area contributed by atoms with E-state index in [-0.39, 0.29) is 6.04 Å². The predicted octanol–water partition coefficient (Wildman–Crippen LogP) is 0.670. The number of aromatic nitrogens is 1. The van der Waals surface area contributed by atoms with Crippen molar-refractivity contribution < 1.29 is 4.79 Å². The molecule has 1 rings (SSSR count). The summed E-state index contributed by atoms with van der Waals surface area (Å²) in [6, 6.07) is 5.23. The number of nitrogens with two attached hydrogens (primary N) is 1. The third-order valence-corrected chi connectivity index (χ3v) is 1.42. The Morgan fingerprint density at radius 2 is 2.45 bits per heavy atom. The lowest BCUT2D eigenvalue weighted by Gasteiger charge is -2.04. The highest BCUT2D eigenvalue weighted by atomic mass is 16.1. The monoisotopic (exact) mass is 150 g/mol. The number of hydrogen-bond donors (Lipinski definition) is 1. The van der Waals surface area contributed by atoms with Crippen LogP contribution in [-0.4, -0.2) is 11.3 Å². The minimum atomic E-state index is -0.256. The second-order valence-electron chi connectivity index (χ2n) is 2.26. The molecule has 0 saturated carbocycles. The molecule has 1 aromatic heterocycles. The molecule has 3 heteroatoms. The van der Waals surface area contributed by atoms with Crippen LogP contribution in [0.25, 0.3) is 0 Å². The van der Waals surface area contributed by atoms with Crippen molar-refractivity contribution in [3.63, 3.8) is 0 Å². The average Bonchev–Trinajstić information content (AvgIpc) is 2.07. The van der Waals surface area contributed by atoms with E-state index in [1.165, 1.54) is 0 Å². The first-order valence-electron chi connectivity index (χ1n) is 3.44. The van der Waals surface area contributed by atoms with Crippen LogP contribution < -0.4 is 5.73 Å². The molecule has 2 N–H and O–H groups in total. The lowest BCUT2D eigenvalue weighted by Crippen LogP contribution is -2.11. The summed E-state index contributed by atoms with van der Waals surface area (Å²) in [5.74, 6) is 0. The molecular weight excluding hydrogens is 140 g/mol. The van der Waals surface area contributed by atoms with E-state index in [9.17, 15) is 4.79 Å². The standard InChI is InChI=1S/C8H10N2O/c9-7(4-6-11)8-3-1-2-5-10-8/h1-3,5-7H,4,9H2. The van der Waals surface area contributed by atoms with Crippen LogP contribution in [0.1, 0.15) is 18.2 Å². The highest BCUT2D eigenvalue weighted by Gasteiger charge is 2.03. The van der Waals surface area contributed by atoms with E-state index in [0.717, 1.165) is 12.0 Å². The van der Waals surface area contributed by atoms with Crippen molar-refractivity contribution >= 4 is 6.29 Å². The molecule has 0 aliphatic heterocycles. The van der Waals surface area contributed by atoms with Gasteiger partial charge in [-0.3, -0.25) is 4.98 Å². The van der Waals surface area contributed by atoms with Crippen LogP contribution in [-0.2, 0) is 4.79 Å². The Bertz CT molecular complexity index is 223. The quantitative estimate of drug-likeness (QED) is 0.644. The summed E-state index contributed by atoms with van der Waals surface area (Å²) in [4.78, 5) is 14.1. The number of pyridine rings is 1. The molecular formula is C8H10N2O. The van der Waals surface area contributed by atoms with E-state index >= 15 is 0 Å². The Morgan fingerprint density at radius 3 is 3.00 bits per heavy atom. The second-order valence-corrected chi connectivity index (χ2v) is 2.26. The minimum absolute atomic E-state index is 0.256. The summed E-state index contributed by atoms with van der Waals surface area (Å²) in [6.07, 6.45) is 2.80. The van der Waals surface area contributed by atoms with Crippen molar-refractivity contribution in [3.05, 3.63) is 30.1 Å². The molecule has 0 aromatic carbocycles. The summed E-state index contributed by atoms with van der Waals surface area (Å²) >= 11 is 0. The number of nitrogens with zero attached hydrogens (tertiary/aromatic N) is 1. The van der Waals surface area contributed by atoms with Gasteiger partial charge in [0.25, 0.3) is 0 Å². The Morgan fingerprint density at radius 1 is 1.64 bits per heavy atom. The third kappa shape index (κ3) is 2.13. The van der Waals surface area contributed by atoms with Gasteiger partial charge in [-0.25, -0.2) is 0 Å². The molecule has 0 fully saturated rings. The van der Waals surface area contributed by atoms with Gasteiger partial charge in [0.15, 0.2) is 0 Å². The van der Waals surface area contributed by atoms with Gasteiger partial charge in [0.2, 0.25) is 0 Å². The normalized spacial score (nSPS) is 12.5. The number of carbonyl (C=O) groups is 1. The van der Waals surface area contributed by atoms with Gasteiger partial charge in [-0.1, -0.05) is 6.07 Å². The first-order valence-corrected chi connectivity index (χ1v) is 3.44. The number of rotatable bonds is 3. The molecule has 11 heavy (non-hydrogen) atoms. The smallest absolute Gasteiger partial charge is 0.121 e. The van der Waals surface area contributed by atoms with Gasteiger partial charge in [-0.2, -0.15) is 0 Å². The number of aldehydes is 1. The van der Waals surface area contributed by atoms with Gasteiger partial charge in [0.1, 0.15) is 6.29 Å². The summed E-state index contributed by atoms with van der Waals surface area (Å²) in [5, 5.41) is 0. The molecule has 0 saturated heterocycles. The fourth-order valence-corrected chi connectivity index (χ4v) is 0.820. The summed E-state index contributed by atoms with van der Waals surface area (Å²) in [6.45, 7) is 0. The van der Waals surface area contributed by atoms with Crippen molar-refractivity contribution in [2.24, 2.45) is 5.73 Å². The Balaban J connectivity index is 2.68. The lowest BCUT2D eigenvalue weighted by molar-refractivity contribution is -0.108. The van der Waals surface area contributed by atoms with Crippen molar-refractivity contribution in [1.82, 2.24) is 4.98 Å². The molecule has 0 aliphatic rings. The van der Waals surface area contributed by atoms with E-state index in [2.05, 4.69) is 4.98 Å². The van der Waals surface area contributed by atoms with Crippen molar-refractivity contribution in [2.75, 3.05) is 0 Å². The first-order chi connectivity index (χ1) is 5.34.